The lowest BCUT2D eigenvalue weighted by atomic mass is 10.2. The second-order valence-corrected chi connectivity index (χ2v) is 4.43. The fourth-order valence-electron chi connectivity index (χ4n) is 1.53. The lowest BCUT2D eigenvalue weighted by Gasteiger charge is -2.10. The summed E-state index contributed by atoms with van der Waals surface area (Å²) in [5.41, 5.74) is 0.758. The number of hydrogen-bond donors (Lipinski definition) is 0. The van der Waals surface area contributed by atoms with Gasteiger partial charge in [0.15, 0.2) is 11.6 Å². The van der Waals surface area contributed by atoms with E-state index in [-0.39, 0.29) is 22.3 Å². The Balaban J connectivity index is 2.40. The van der Waals surface area contributed by atoms with Crippen molar-refractivity contribution in [3.8, 4) is 17.7 Å². The fourth-order valence-corrected chi connectivity index (χ4v) is 1.70. The van der Waals surface area contributed by atoms with Crippen molar-refractivity contribution in [2.75, 3.05) is 0 Å². The van der Waals surface area contributed by atoms with Gasteiger partial charge in [0, 0.05) is 12.0 Å². The van der Waals surface area contributed by atoms with E-state index in [4.69, 9.17) is 21.6 Å². The molecule has 0 atom stereocenters. The second-order valence-electron chi connectivity index (χ2n) is 4.07. The van der Waals surface area contributed by atoms with E-state index in [9.17, 15) is 4.39 Å². The number of benzene rings is 1. The number of aryl methyl sites for hydroxylation is 1. The molecule has 102 valence electrons. The quantitative estimate of drug-likeness (QED) is 0.807. The number of hydrogen-bond acceptors (Lipinski definition) is 4. The largest absolute Gasteiger partial charge is 0.435 e. The van der Waals surface area contributed by atoms with Gasteiger partial charge in [0.2, 0.25) is 5.88 Å². The molecule has 1 aromatic heterocycles. The van der Waals surface area contributed by atoms with E-state index < -0.39 is 5.82 Å². The molecule has 20 heavy (non-hydrogen) atoms. The van der Waals surface area contributed by atoms with Crippen LogP contribution < -0.4 is 4.74 Å². The maximum Gasteiger partial charge on any atom is 0.227 e. The highest BCUT2D eigenvalue weighted by Crippen LogP contribution is 2.29. The van der Waals surface area contributed by atoms with Gasteiger partial charge in [-0.15, -0.1) is 0 Å². The van der Waals surface area contributed by atoms with Crippen LogP contribution in [0.5, 0.6) is 11.6 Å². The van der Waals surface area contributed by atoms with Crippen LogP contribution in [0.15, 0.2) is 18.2 Å². The van der Waals surface area contributed by atoms with Crippen molar-refractivity contribution >= 4 is 11.6 Å². The molecule has 0 unspecified atom stereocenters. The Labute approximate surface area is 120 Å². The molecule has 0 N–H and O–H groups in total. The van der Waals surface area contributed by atoms with Gasteiger partial charge in [0.25, 0.3) is 0 Å². The zero-order chi connectivity index (χ0) is 14.7. The first-order valence-corrected chi connectivity index (χ1v) is 6.33. The third-order valence-electron chi connectivity index (χ3n) is 2.67. The highest BCUT2D eigenvalue weighted by molar-refractivity contribution is 6.30. The number of aromatic nitrogens is 2. The van der Waals surface area contributed by atoms with E-state index in [2.05, 4.69) is 9.97 Å². The van der Waals surface area contributed by atoms with Crippen LogP contribution in [0.2, 0.25) is 5.15 Å². The zero-order valence-electron chi connectivity index (χ0n) is 10.9. The SMILES string of the molecule is CCc1nc(Cl)c(C)c(Oc2ccc(C#N)cc2F)n1. The Morgan fingerprint density at radius 2 is 2.15 bits per heavy atom. The van der Waals surface area contributed by atoms with Crippen molar-refractivity contribution in [3.05, 3.63) is 46.1 Å². The first kappa shape index (κ1) is 14.2. The van der Waals surface area contributed by atoms with Gasteiger partial charge in [-0.3, -0.25) is 0 Å². The summed E-state index contributed by atoms with van der Waals surface area (Å²) in [5.74, 6) is 0.0928. The van der Waals surface area contributed by atoms with Crippen molar-refractivity contribution < 1.29 is 9.13 Å². The molecule has 0 aliphatic heterocycles. The normalized spacial score (nSPS) is 10.2. The van der Waals surface area contributed by atoms with Crippen LogP contribution in [0.3, 0.4) is 0 Å². The van der Waals surface area contributed by atoms with Crippen LogP contribution >= 0.6 is 11.6 Å². The van der Waals surface area contributed by atoms with Crippen LogP contribution in [0, 0.1) is 24.1 Å². The summed E-state index contributed by atoms with van der Waals surface area (Å²) in [7, 11) is 0. The minimum atomic E-state index is -0.628. The molecule has 2 aromatic rings. The monoisotopic (exact) mass is 291 g/mol. The molecule has 1 aromatic carbocycles. The van der Waals surface area contributed by atoms with E-state index in [0.717, 1.165) is 6.07 Å². The first-order chi connectivity index (χ1) is 9.55. The molecule has 0 radical (unpaired) electrons. The standard InChI is InChI=1S/C14H11ClFN3O/c1-3-12-18-13(15)8(2)14(19-12)20-11-5-4-9(7-17)6-10(11)16/h4-6H,3H2,1-2H3. The Kier molecular flexibility index (Phi) is 4.16. The lowest BCUT2D eigenvalue weighted by Crippen LogP contribution is -2.01. The summed E-state index contributed by atoms with van der Waals surface area (Å²) in [6, 6.07) is 5.81. The third-order valence-corrected chi connectivity index (χ3v) is 3.04. The molecule has 0 saturated carbocycles. The molecule has 0 aliphatic carbocycles. The van der Waals surface area contributed by atoms with Gasteiger partial charge >= 0.3 is 0 Å². The van der Waals surface area contributed by atoms with Crippen molar-refractivity contribution in [1.82, 2.24) is 9.97 Å². The Morgan fingerprint density at radius 1 is 1.40 bits per heavy atom. The predicted molar refractivity (Wildman–Crippen MR) is 72.3 cm³/mol. The predicted octanol–water partition coefficient (Wildman–Crippen LogP) is 3.80. The van der Waals surface area contributed by atoms with Gasteiger partial charge in [-0.1, -0.05) is 18.5 Å². The Morgan fingerprint density at radius 3 is 2.75 bits per heavy atom. The van der Waals surface area contributed by atoms with Gasteiger partial charge in [0.1, 0.15) is 11.0 Å². The maximum atomic E-state index is 13.8. The number of ether oxygens (including phenoxy) is 1. The fraction of sp³-hybridized carbons (Fsp3) is 0.214. The number of rotatable bonds is 3. The molecule has 0 bridgehead atoms. The minimum Gasteiger partial charge on any atom is -0.435 e. The Hall–Kier alpha value is -2.19. The average Bonchev–Trinajstić information content (AvgIpc) is 2.45. The maximum absolute atomic E-state index is 13.8. The molecule has 0 amide bonds. The van der Waals surface area contributed by atoms with Crippen LogP contribution in [-0.4, -0.2) is 9.97 Å². The number of nitriles is 1. The van der Waals surface area contributed by atoms with Crippen molar-refractivity contribution in [2.24, 2.45) is 0 Å². The van der Waals surface area contributed by atoms with Gasteiger partial charge in [-0.2, -0.15) is 10.2 Å². The van der Waals surface area contributed by atoms with Gasteiger partial charge in [0.05, 0.1) is 11.6 Å². The van der Waals surface area contributed by atoms with E-state index in [1.165, 1.54) is 12.1 Å². The van der Waals surface area contributed by atoms with Gasteiger partial charge < -0.3 is 4.74 Å². The summed E-state index contributed by atoms with van der Waals surface area (Å²) >= 11 is 5.98. The number of halogens is 2. The second kappa shape index (κ2) is 5.85. The molecule has 4 nitrogen and oxygen atoms in total. The number of nitrogens with zero attached hydrogens (tertiary/aromatic N) is 3. The lowest BCUT2D eigenvalue weighted by molar-refractivity contribution is 0.421. The molecule has 1 heterocycles. The summed E-state index contributed by atoms with van der Waals surface area (Å²) in [4.78, 5) is 8.26. The highest BCUT2D eigenvalue weighted by Gasteiger charge is 2.13. The molecule has 0 aliphatic rings. The van der Waals surface area contributed by atoms with E-state index >= 15 is 0 Å². The molecule has 0 fully saturated rings. The average molecular weight is 292 g/mol. The van der Waals surface area contributed by atoms with E-state index in [0.29, 0.717) is 17.8 Å². The van der Waals surface area contributed by atoms with Gasteiger partial charge in [-0.05, 0) is 25.1 Å². The molecule has 6 heteroatoms. The smallest absolute Gasteiger partial charge is 0.227 e. The first-order valence-electron chi connectivity index (χ1n) is 5.95. The molecule has 2 rings (SSSR count). The minimum absolute atomic E-state index is 0.0103. The van der Waals surface area contributed by atoms with Crippen molar-refractivity contribution in [1.29, 1.82) is 5.26 Å². The summed E-state index contributed by atoms with van der Waals surface area (Å²) < 4.78 is 19.2. The molecular formula is C14H11ClFN3O. The highest BCUT2D eigenvalue weighted by atomic mass is 35.5. The third kappa shape index (κ3) is 2.86. The molecular weight excluding hydrogens is 281 g/mol. The summed E-state index contributed by atoms with van der Waals surface area (Å²) in [6.07, 6.45) is 0.589. The summed E-state index contributed by atoms with van der Waals surface area (Å²) in [6.45, 7) is 3.58. The molecule has 0 spiro atoms. The van der Waals surface area contributed by atoms with Crippen LogP contribution in [-0.2, 0) is 6.42 Å². The molecule has 0 saturated heterocycles. The van der Waals surface area contributed by atoms with E-state index in [1.807, 2.05) is 13.0 Å². The Bertz CT molecular complexity index is 698. The van der Waals surface area contributed by atoms with E-state index in [1.54, 1.807) is 6.92 Å². The van der Waals surface area contributed by atoms with Crippen LogP contribution in [0.4, 0.5) is 4.39 Å². The zero-order valence-corrected chi connectivity index (χ0v) is 11.7. The van der Waals surface area contributed by atoms with Crippen molar-refractivity contribution in [3.63, 3.8) is 0 Å². The topological polar surface area (TPSA) is 58.8 Å². The van der Waals surface area contributed by atoms with Crippen LogP contribution in [0.25, 0.3) is 0 Å². The summed E-state index contributed by atoms with van der Waals surface area (Å²) in [5, 5.41) is 8.97. The van der Waals surface area contributed by atoms with Crippen LogP contribution in [0.1, 0.15) is 23.9 Å². The van der Waals surface area contributed by atoms with Gasteiger partial charge in [-0.25, -0.2) is 9.37 Å². The van der Waals surface area contributed by atoms with Crippen molar-refractivity contribution in [2.45, 2.75) is 20.3 Å².